The lowest BCUT2D eigenvalue weighted by Crippen LogP contribution is -2.39. The second-order valence-corrected chi connectivity index (χ2v) is 13.4. The summed E-state index contributed by atoms with van der Waals surface area (Å²) in [5.41, 5.74) is 1.89. The molecule has 0 spiro atoms. The van der Waals surface area contributed by atoms with Crippen molar-refractivity contribution in [3.05, 3.63) is 24.3 Å². The third-order valence-electron chi connectivity index (χ3n) is 7.22. The van der Waals surface area contributed by atoms with Gasteiger partial charge in [0.1, 0.15) is 5.60 Å². The van der Waals surface area contributed by atoms with Gasteiger partial charge < -0.3 is 19.4 Å². The highest BCUT2D eigenvalue weighted by Crippen LogP contribution is 2.52. The average molecular weight is 452 g/mol. The van der Waals surface area contributed by atoms with E-state index in [0.29, 0.717) is 37.7 Å². The molecule has 3 aliphatic rings. The molecule has 3 heterocycles. The lowest BCUT2D eigenvalue weighted by Gasteiger charge is -2.42. The predicted molar refractivity (Wildman–Crippen MR) is 127 cm³/mol. The van der Waals surface area contributed by atoms with Gasteiger partial charge in [-0.15, -0.1) is 0 Å². The minimum absolute atomic E-state index is 0.0177. The molecule has 2 unspecified atom stereocenters. The Morgan fingerprint density at radius 1 is 0.903 bits per heavy atom. The summed E-state index contributed by atoms with van der Waals surface area (Å²) in [4.78, 5) is 19.2. The summed E-state index contributed by atoms with van der Waals surface area (Å²) in [7, 11) is -2.38. The number of hydrogen-bond donors (Lipinski definition) is 2. The molecule has 0 saturated carbocycles. The van der Waals surface area contributed by atoms with Gasteiger partial charge in [-0.1, -0.05) is 13.8 Å². The van der Waals surface area contributed by atoms with Crippen LogP contribution in [-0.2, 0) is 4.74 Å². The first-order valence-electron chi connectivity index (χ1n) is 11.1. The fraction of sp³-hybridized carbons (Fsp3) is 0.696. The number of fused-ring (bicyclic) bond motifs is 1. The van der Waals surface area contributed by atoms with Crippen LogP contribution in [0.1, 0.15) is 34.6 Å². The zero-order valence-electron chi connectivity index (χ0n) is 19.4. The largest absolute Gasteiger partial charge is 0.444 e. The molecule has 7 nitrogen and oxygen atoms in total. The number of hydrogen-bond acceptors (Lipinski definition) is 6. The van der Waals surface area contributed by atoms with E-state index < -0.39 is 16.2 Å². The quantitative estimate of drug-likeness (QED) is 0.697. The number of rotatable bonds is 2. The van der Waals surface area contributed by atoms with E-state index in [9.17, 15) is 13.9 Å². The van der Waals surface area contributed by atoms with Crippen molar-refractivity contribution in [2.45, 2.75) is 40.2 Å². The van der Waals surface area contributed by atoms with Gasteiger partial charge in [-0.05, 0) is 45.0 Å². The van der Waals surface area contributed by atoms with E-state index in [1.807, 2.05) is 25.7 Å². The van der Waals surface area contributed by atoms with Gasteiger partial charge in [-0.25, -0.2) is 4.79 Å². The smallest absolute Gasteiger partial charge is 0.410 e. The summed E-state index contributed by atoms with van der Waals surface area (Å²) in [6.45, 7) is 14.9. The van der Waals surface area contributed by atoms with Crippen molar-refractivity contribution in [3.63, 3.8) is 0 Å². The van der Waals surface area contributed by atoms with Crippen LogP contribution in [0.15, 0.2) is 24.3 Å². The zero-order chi connectivity index (χ0) is 22.7. The zero-order valence-corrected chi connectivity index (χ0v) is 20.2. The average Bonchev–Trinajstić information content (AvgIpc) is 3.05. The summed E-state index contributed by atoms with van der Waals surface area (Å²) >= 11 is 0. The van der Waals surface area contributed by atoms with Gasteiger partial charge in [0.05, 0.1) is 11.5 Å². The minimum atomic E-state index is -2.38. The number of anilines is 2. The third kappa shape index (κ3) is 4.47. The van der Waals surface area contributed by atoms with Crippen LogP contribution in [0.5, 0.6) is 0 Å². The molecule has 0 radical (unpaired) electrons. The van der Waals surface area contributed by atoms with Crippen molar-refractivity contribution in [3.8, 4) is 0 Å². The maximum Gasteiger partial charge on any atom is 0.410 e. The van der Waals surface area contributed by atoms with Crippen molar-refractivity contribution in [2.75, 3.05) is 60.6 Å². The molecule has 3 fully saturated rings. The molecular formula is C23H37N3O4S. The molecule has 1 amide bonds. The third-order valence-corrected chi connectivity index (χ3v) is 8.90. The molecule has 4 rings (SSSR count). The number of likely N-dealkylation sites (tertiary alicyclic amines) is 1. The molecule has 8 heteroatoms. The van der Waals surface area contributed by atoms with Crippen molar-refractivity contribution in [1.82, 2.24) is 4.90 Å². The lowest BCUT2D eigenvalue weighted by molar-refractivity contribution is 0.0269. The highest BCUT2D eigenvalue weighted by molar-refractivity contribution is 8.24. The van der Waals surface area contributed by atoms with E-state index in [1.165, 1.54) is 5.69 Å². The Balaban J connectivity index is 1.41. The molecule has 1 aromatic rings. The van der Waals surface area contributed by atoms with E-state index in [-0.39, 0.29) is 16.9 Å². The maximum atomic E-state index is 12.6. The summed E-state index contributed by atoms with van der Waals surface area (Å²) < 4.78 is 25.3. The molecule has 3 saturated heterocycles. The molecule has 2 N–H and O–H groups in total. The Hall–Kier alpha value is -1.64. The van der Waals surface area contributed by atoms with Crippen molar-refractivity contribution in [1.29, 1.82) is 0 Å². The first-order chi connectivity index (χ1) is 14.3. The van der Waals surface area contributed by atoms with Crippen LogP contribution >= 0.6 is 10.6 Å². The fourth-order valence-electron chi connectivity index (χ4n) is 5.16. The van der Waals surface area contributed by atoms with Crippen LogP contribution in [-0.4, -0.2) is 76.5 Å². The molecule has 174 valence electrons. The lowest BCUT2D eigenvalue weighted by atomic mass is 9.71. The van der Waals surface area contributed by atoms with Crippen molar-refractivity contribution in [2.24, 2.45) is 10.8 Å². The summed E-state index contributed by atoms with van der Waals surface area (Å²) in [5.74, 6) is 0.900. The first-order valence-corrected chi connectivity index (χ1v) is 13.0. The molecular weight excluding hydrogens is 414 g/mol. The molecule has 0 aliphatic carbocycles. The highest BCUT2D eigenvalue weighted by Gasteiger charge is 2.59. The van der Waals surface area contributed by atoms with Crippen LogP contribution < -0.4 is 9.80 Å². The van der Waals surface area contributed by atoms with Crippen LogP contribution in [0.4, 0.5) is 16.2 Å². The molecule has 31 heavy (non-hydrogen) atoms. The predicted octanol–water partition coefficient (Wildman–Crippen LogP) is 4.34. The van der Waals surface area contributed by atoms with Crippen LogP contribution in [0.25, 0.3) is 0 Å². The Labute approximate surface area is 187 Å². The summed E-state index contributed by atoms with van der Waals surface area (Å²) in [6.07, 6.45) is -0.210. The van der Waals surface area contributed by atoms with Gasteiger partial charge in [0.2, 0.25) is 0 Å². The number of amides is 1. The van der Waals surface area contributed by atoms with E-state index in [4.69, 9.17) is 4.74 Å². The second kappa shape index (κ2) is 7.46. The molecule has 3 aliphatic heterocycles. The Morgan fingerprint density at radius 2 is 1.35 bits per heavy atom. The van der Waals surface area contributed by atoms with Crippen LogP contribution in [0.3, 0.4) is 0 Å². The van der Waals surface area contributed by atoms with Gasteiger partial charge >= 0.3 is 6.09 Å². The molecule has 0 aromatic heterocycles. The SMILES string of the molecule is CC(C)(C)OC(=O)N1CC2(C)CN(c3ccc(N4CCS(O)(O)CC4)cc3)CC2(C)C1. The van der Waals surface area contributed by atoms with Crippen molar-refractivity contribution < 1.29 is 18.6 Å². The molecule has 1 aromatic carbocycles. The van der Waals surface area contributed by atoms with E-state index in [1.54, 1.807) is 0 Å². The van der Waals surface area contributed by atoms with Gasteiger partial charge in [-0.3, -0.25) is 9.11 Å². The highest BCUT2D eigenvalue weighted by atomic mass is 32.3. The van der Waals surface area contributed by atoms with Gasteiger partial charge in [0, 0.05) is 61.5 Å². The normalized spacial score (nSPS) is 31.5. The van der Waals surface area contributed by atoms with Crippen LogP contribution in [0, 0.1) is 10.8 Å². The molecule has 2 atom stereocenters. The molecule has 0 bridgehead atoms. The summed E-state index contributed by atoms with van der Waals surface area (Å²) in [6, 6.07) is 8.61. The Kier molecular flexibility index (Phi) is 5.42. The maximum absolute atomic E-state index is 12.6. The van der Waals surface area contributed by atoms with E-state index >= 15 is 0 Å². The van der Waals surface area contributed by atoms with Gasteiger partial charge in [0.25, 0.3) is 0 Å². The van der Waals surface area contributed by atoms with Gasteiger partial charge in [0.15, 0.2) is 0 Å². The number of benzene rings is 1. The van der Waals surface area contributed by atoms with Gasteiger partial charge in [-0.2, -0.15) is 10.6 Å². The first kappa shape index (κ1) is 22.6. The topological polar surface area (TPSA) is 76.5 Å². The van der Waals surface area contributed by atoms with Crippen LogP contribution in [0.2, 0.25) is 0 Å². The Morgan fingerprint density at radius 3 is 1.81 bits per heavy atom. The van der Waals surface area contributed by atoms with E-state index in [0.717, 1.165) is 18.8 Å². The van der Waals surface area contributed by atoms with E-state index in [2.05, 4.69) is 47.9 Å². The Bertz CT molecular complexity index is 810. The second-order valence-electron chi connectivity index (χ2n) is 11.0. The van der Waals surface area contributed by atoms with Crippen molar-refractivity contribution >= 4 is 28.1 Å². The minimum Gasteiger partial charge on any atom is -0.444 e. The number of carbonyl (C=O) groups is 1. The number of ether oxygens (including phenoxy) is 1. The number of nitrogens with zero attached hydrogens (tertiary/aromatic N) is 3. The summed E-state index contributed by atoms with van der Waals surface area (Å²) in [5, 5.41) is 0. The fourth-order valence-corrected chi connectivity index (χ4v) is 6.39. The standard InChI is InChI=1S/C23H37N3O4S/c1-21(2,3)30-20(27)26-16-22(4)14-25(15-23(22,5)17-26)19-8-6-18(7-9-19)24-10-12-31(28,29)13-11-24/h6-9,28-29H,10-17H2,1-5H3. The number of carbonyl (C=O) groups excluding carboxylic acids is 1. The monoisotopic (exact) mass is 451 g/mol.